The van der Waals surface area contributed by atoms with Crippen molar-refractivity contribution in [1.82, 2.24) is 0 Å². The van der Waals surface area contributed by atoms with E-state index in [4.69, 9.17) is 10.9 Å². The van der Waals surface area contributed by atoms with Gasteiger partial charge in [0.15, 0.2) is 9.84 Å². The Morgan fingerprint density at radius 3 is 2.56 bits per heavy atom. The van der Waals surface area contributed by atoms with Crippen LogP contribution in [0.15, 0.2) is 29.4 Å². The van der Waals surface area contributed by atoms with Gasteiger partial charge >= 0.3 is 0 Å². The van der Waals surface area contributed by atoms with Crippen molar-refractivity contribution in [3.8, 4) is 0 Å². The maximum atomic E-state index is 12.0. The highest BCUT2D eigenvalue weighted by atomic mass is 32.2. The third kappa shape index (κ3) is 3.01. The topological polar surface area (TPSA) is 92.8 Å². The van der Waals surface area contributed by atoms with Crippen molar-refractivity contribution in [3.63, 3.8) is 0 Å². The molecule has 0 unspecified atom stereocenters. The zero-order valence-corrected chi connectivity index (χ0v) is 11.3. The number of hydrogen-bond acceptors (Lipinski definition) is 5. The molecule has 0 bridgehead atoms. The highest BCUT2D eigenvalue weighted by molar-refractivity contribution is 7.92. The second-order valence-corrected chi connectivity index (χ2v) is 6.43. The zero-order chi connectivity index (χ0) is 13.8. The molecule has 0 radical (unpaired) electrons. The third-order valence-corrected chi connectivity index (χ3v) is 5.03. The first-order chi connectivity index (χ1) is 8.46. The number of benzene rings is 1. The fourth-order valence-corrected chi connectivity index (χ4v) is 3.26. The summed E-state index contributed by atoms with van der Waals surface area (Å²) in [5.74, 6) is 0.00679. The summed E-state index contributed by atoms with van der Waals surface area (Å²) in [5, 5.41) is 11.5. The largest absolute Gasteiger partial charge is 0.411 e. The summed E-state index contributed by atoms with van der Waals surface area (Å²) in [6.45, 7) is 3.32. The molecular weight excluding hydrogens is 252 g/mol. The van der Waals surface area contributed by atoms with Crippen LogP contribution in [0, 0.1) is 0 Å². The maximum absolute atomic E-state index is 12.0. The molecule has 0 aliphatic rings. The van der Waals surface area contributed by atoms with E-state index in [1.165, 1.54) is 0 Å². The highest BCUT2D eigenvalue weighted by Crippen LogP contribution is 2.17. The molecule has 1 aromatic carbocycles. The highest BCUT2D eigenvalue weighted by Gasteiger charge is 2.28. The second-order valence-electron chi connectivity index (χ2n) is 3.96. The van der Waals surface area contributed by atoms with E-state index in [0.717, 1.165) is 0 Å². The molecular formula is C12H18N2O3S. The Morgan fingerprint density at radius 1 is 1.44 bits per heavy atom. The number of anilines is 1. The lowest BCUT2D eigenvalue weighted by atomic mass is 10.1. The fraction of sp³-hybridized carbons (Fsp3) is 0.417. The SMILES string of the molecule is CC[C@@H](/C(=N\O)c1cccc(N)c1)S(=O)(=O)CC. The van der Waals surface area contributed by atoms with Gasteiger partial charge in [0.2, 0.25) is 0 Å². The second kappa shape index (κ2) is 5.86. The molecule has 0 spiro atoms. The number of hydrogen-bond donors (Lipinski definition) is 2. The van der Waals surface area contributed by atoms with Crippen LogP contribution in [0.2, 0.25) is 0 Å². The molecule has 6 heteroatoms. The van der Waals surface area contributed by atoms with Gasteiger partial charge in [0.05, 0.1) is 0 Å². The molecule has 0 heterocycles. The van der Waals surface area contributed by atoms with Crippen LogP contribution >= 0.6 is 0 Å². The van der Waals surface area contributed by atoms with Gasteiger partial charge in [-0.25, -0.2) is 8.42 Å². The van der Waals surface area contributed by atoms with Gasteiger partial charge in [-0.1, -0.05) is 31.1 Å². The van der Waals surface area contributed by atoms with E-state index in [1.54, 1.807) is 38.1 Å². The Balaban J connectivity index is 3.26. The lowest BCUT2D eigenvalue weighted by molar-refractivity contribution is 0.318. The molecule has 0 aliphatic heterocycles. The summed E-state index contributed by atoms with van der Waals surface area (Å²) in [6, 6.07) is 6.66. The zero-order valence-electron chi connectivity index (χ0n) is 10.5. The summed E-state index contributed by atoms with van der Waals surface area (Å²) in [7, 11) is -3.31. The minimum atomic E-state index is -3.31. The summed E-state index contributed by atoms with van der Waals surface area (Å²) in [4.78, 5) is 0. The average molecular weight is 270 g/mol. The van der Waals surface area contributed by atoms with E-state index in [2.05, 4.69) is 5.16 Å². The number of nitrogens with two attached hydrogens (primary N) is 1. The van der Waals surface area contributed by atoms with Gasteiger partial charge in [-0.05, 0) is 18.6 Å². The molecule has 0 fully saturated rings. The Morgan fingerprint density at radius 2 is 2.11 bits per heavy atom. The monoisotopic (exact) mass is 270 g/mol. The Bertz CT molecular complexity index is 538. The Hall–Kier alpha value is -1.56. The van der Waals surface area contributed by atoms with Crippen molar-refractivity contribution in [3.05, 3.63) is 29.8 Å². The van der Waals surface area contributed by atoms with Crippen LogP contribution in [0.4, 0.5) is 5.69 Å². The number of rotatable bonds is 5. The van der Waals surface area contributed by atoms with Crippen LogP contribution in [-0.4, -0.2) is 30.3 Å². The van der Waals surface area contributed by atoms with Crippen LogP contribution in [0.1, 0.15) is 25.8 Å². The first-order valence-electron chi connectivity index (χ1n) is 5.75. The summed E-state index contributed by atoms with van der Waals surface area (Å²) >= 11 is 0. The number of nitrogens with zero attached hydrogens (tertiary/aromatic N) is 1. The quantitative estimate of drug-likeness (QED) is 0.368. The molecule has 1 aromatic rings. The first-order valence-corrected chi connectivity index (χ1v) is 7.47. The van der Waals surface area contributed by atoms with Crippen molar-refractivity contribution in [1.29, 1.82) is 0 Å². The molecule has 0 saturated carbocycles. The van der Waals surface area contributed by atoms with Gasteiger partial charge in [0.1, 0.15) is 11.0 Å². The van der Waals surface area contributed by atoms with E-state index < -0.39 is 15.1 Å². The van der Waals surface area contributed by atoms with Crippen molar-refractivity contribution < 1.29 is 13.6 Å². The molecule has 0 saturated heterocycles. The smallest absolute Gasteiger partial charge is 0.158 e. The lowest BCUT2D eigenvalue weighted by Gasteiger charge is -2.16. The van der Waals surface area contributed by atoms with Gasteiger partial charge in [-0.2, -0.15) is 0 Å². The standard InChI is InChI=1S/C12H18N2O3S/c1-3-11(18(16,17)4-2)12(14-15)9-6-5-7-10(13)8-9/h5-8,11,15H,3-4,13H2,1-2H3/b14-12-/t11-/m0/s1. The molecule has 0 amide bonds. The van der Waals surface area contributed by atoms with Crippen molar-refractivity contribution in [2.45, 2.75) is 25.5 Å². The number of oxime groups is 1. The number of sulfone groups is 1. The van der Waals surface area contributed by atoms with Gasteiger partial charge in [0, 0.05) is 17.0 Å². The molecule has 0 aromatic heterocycles. The third-order valence-electron chi connectivity index (χ3n) is 2.80. The normalized spacial score (nSPS) is 14.4. The molecule has 0 aliphatic carbocycles. The predicted octanol–water partition coefficient (Wildman–Crippen LogP) is 1.66. The average Bonchev–Trinajstić information content (AvgIpc) is 2.35. The van der Waals surface area contributed by atoms with Crippen molar-refractivity contribution >= 4 is 21.2 Å². The molecule has 18 heavy (non-hydrogen) atoms. The molecule has 1 rings (SSSR count). The van der Waals surface area contributed by atoms with E-state index in [1.807, 2.05) is 0 Å². The fourth-order valence-electron chi connectivity index (χ4n) is 1.82. The van der Waals surface area contributed by atoms with Crippen LogP contribution in [0.5, 0.6) is 0 Å². The van der Waals surface area contributed by atoms with E-state index in [-0.39, 0.29) is 11.5 Å². The molecule has 1 atom stereocenters. The van der Waals surface area contributed by atoms with E-state index in [9.17, 15) is 8.42 Å². The summed E-state index contributed by atoms with van der Waals surface area (Å²) in [6.07, 6.45) is 0.352. The molecule has 3 N–H and O–H groups in total. The van der Waals surface area contributed by atoms with Crippen LogP contribution in [0.3, 0.4) is 0 Å². The van der Waals surface area contributed by atoms with E-state index in [0.29, 0.717) is 17.7 Å². The van der Waals surface area contributed by atoms with Gasteiger partial charge < -0.3 is 10.9 Å². The molecule has 100 valence electrons. The first kappa shape index (κ1) is 14.5. The van der Waals surface area contributed by atoms with E-state index >= 15 is 0 Å². The Labute approximate surface area is 107 Å². The lowest BCUT2D eigenvalue weighted by Crippen LogP contribution is -2.32. The van der Waals surface area contributed by atoms with Crippen LogP contribution in [0.25, 0.3) is 0 Å². The van der Waals surface area contributed by atoms with Crippen molar-refractivity contribution in [2.75, 3.05) is 11.5 Å². The van der Waals surface area contributed by atoms with Gasteiger partial charge in [-0.3, -0.25) is 0 Å². The van der Waals surface area contributed by atoms with Gasteiger partial charge in [0.25, 0.3) is 0 Å². The molecule has 5 nitrogen and oxygen atoms in total. The minimum absolute atomic E-state index is 0.00679. The summed E-state index contributed by atoms with van der Waals surface area (Å²) < 4.78 is 23.9. The van der Waals surface area contributed by atoms with Crippen LogP contribution in [-0.2, 0) is 9.84 Å². The Kier molecular flexibility index (Phi) is 4.72. The maximum Gasteiger partial charge on any atom is 0.158 e. The van der Waals surface area contributed by atoms with Gasteiger partial charge in [-0.15, -0.1) is 0 Å². The van der Waals surface area contributed by atoms with Crippen LogP contribution < -0.4 is 5.73 Å². The van der Waals surface area contributed by atoms with Crippen molar-refractivity contribution in [2.24, 2.45) is 5.16 Å². The minimum Gasteiger partial charge on any atom is -0.411 e. The predicted molar refractivity (Wildman–Crippen MR) is 72.7 cm³/mol. The summed E-state index contributed by atoms with van der Waals surface area (Å²) in [5.41, 5.74) is 6.82. The number of nitrogen functional groups attached to an aromatic ring is 1.